The normalized spacial score (nSPS) is 10.8. The molecule has 190 valence electrons. The second-order valence-electron chi connectivity index (χ2n) is 8.75. The highest BCUT2D eigenvalue weighted by atomic mass is 16.5. The summed E-state index contributed by atoms with van der Waals surface area (Å²) in [5.74, 6) is 0.443. The van der Waals surface area contributed by atoms with Crippen LogP contribution in [-0.4, -0.2) is 16.1 Å². The fraction of sp³-hybridized carbons (Fsp3) is 0.125. The van der Waals surface area contributed by atoms with Gasteiger partial charge < -0.3 is 19.3 Å². The molecule has 0 fully saturated rings. The lowest BCUT2D eigenvalue weighted by atomic mass is 10.1. The van der Waals surface area contributed by atoms with Crippen LogP contribution in [0.25, 0.3) is 10.9 Å². The highest BCUT2D eigenvalue weighted by molar-refractivity contribution is 5.93. The molecule has 0 unspecified atom stereocenters. The molecule has 5 rings (SSSR count). The van der Waals surface area contributed by atoms with Crippen LogP contribution >= 0.6 is 0 Å². The average molecular weight is 506 g/mol. The first kappa shape index (κ1) is 25.0. The van der Waals surface area contributed by atoms with Crippen molar-refractivity contribution in [2.24, 2.45) is 0 Å². The van der Waals surface area contributed by atoms with Gasteiger partial charge in [-0.2, -0.15) is 0 Å². The Morgan fingerprint density at radius 1 is 0.658 bits per heavy atom. The van der Waals surface area contributed by atoms with Gasteiger partial charge in [-0.3, -0.25) is 0 Å². The third-order valence-corrected chi connectivity index (χ3v) is 6.03. The molecule has 5 aromatic rings. The lowest BCUT2D eigenvalue weighted by molar-refractivity contribution is 0.0466. The smallest absolute Gasteiger partial charge is 0.357 e. The van der Waals surface area contributed by atoms with Crippen LogP contribution in [0.2, 0.25) is 0 Å². The molecule has 0 radical (unpaired) electrons. The molecule has 38 heavy (non-hydrogen) atoms. The van der Waals surface area contributed by atoms with Gasteiger partial charge in [0.1, 0.15) is 25.5 Å². The second-order valence-corrected chi connectivity index (χ2v) is 8.75. The summed E-state index contributed by atoms with van der Waals surface area (Å²) in [6.07, 6.45) is 0. The van der Waals surface area contributed by atoms with Gasteiger partial charge in [-0.05, 0) is 34.4 Å². The van der Waals surface area contributed by atoms with Crippen LogP contribution in [0.3, 0.4) is 0 Å². The van der Waals surface area contributed by atoms with Crippen molar-refractivity contribution in [3.8, 4) is 11.5 Å². The van der Waals surface area contributed by atoms with Gasteiger partial charge in [0.05, 0.1) is 12.1 Å². The summed E-state index contributed by atoms with van der Waals surface area (Å²) in [5.41, 5.74) is 4.05. The molecule has 4 aromatic carbocycles. The molecule has 6 nitrogen and oxygen atoms in total. The molecule has 0 aliphatic heterocycles. The van der Waals surface area contributed by atoms with E-state index in [1.165, 1.54) is 0 Å². The zero-order valence-corrected chi connectivity index (χ0v) is 20.7. The topological polar surface area (TPSA) is 77.9 Å². The molecule has 0 amide bonds. The Balaban J connectivity index is 1.46. The molecule has 1 N–H and O–H groups in total. The fourth-order valence-corrected chi connectivity index (χ4v) is 4.03. The largest absolute Gasteiger partial charge is 0.485 e. The van der Waals surface area contributed by atoms with E-state index in [4.69, 9.17) is 14.2 Å². The van der Waals surface area contributed by atoms with Crippen LogP contribution in [0, 0.1) is 0 Å². The van der Waals surface area contributed by atoms with Gasteiger partial charge in [-0.1, -0.05) is 91.0 Å². The van der Waals surface area contributed by atoms with Gasteiger partial charge in [0.25, 0.3) is 0 Å². The first-order valence-electron chi connectivity index (χ1n) is 12.3. The summed E-state index contributed by atoms with van der Waals surface area (Å²) >= 11 is 0. The monoisotopic (exact) mass is 505 g/mol. The first-order valence-corrected chi connectivity index (χ1v) is 12.3. The minimum Gasteiger partial charge on any atom is -0.485 e. The van der Waals surface area contributed by atoms with Crippen molar-refractivity contribution in [1.82, 2.24) is 4.98 Å². The van der Waals surface area contributed by atoms with E-state index in [1.807, 2.05) is 91.0 Å². The third-order valence-electron chi connectivity index (χ3n) is 6.03. The predicted molar refractivity (Wildman–Crippen MR) is 145 cm³/mol. The Labute approximate surface area is 221 Å². The molecule has 0 atom stereocenters. The Morgan fingerprint density at radius 3 is 1.68 bits per heavy atom. The number of hydrogen-bond acceptors (Lipinski definition) is 6. The van der Waals surface area contributed by atoms with Crippen LogP contribution in [-0.2, 0) is 31.2 Å². The van der Waals surface area contributed by atoms with Crippen LogP contribution in [0.5, 0.6) is 11.5 Å². The summed E-state index contributed by atoms with van der Waals surface area (Å²) < 4.78 is 17.8. The van der Waals surface area contributed by atoms with Gasteiger partial charge >= 0.3 is 5.97 Å². The predicted octanol–water partition coefficient (Wildman–Crippen LogP) is 6.24. The number of esters is 1. The van der Waals surface area contributed by atoms with Gasteiger partial charge in [0.2, 0.25) is 0 Å². The Kier molecular flexibility index (Phi) is 7.92. The molecule has 1 aromatic heterocycles. The van der Waals surface area contributed by atoms with E-state index in [0.717, 1.165) is 16.7 Å². The molecule has 0 saturated carbocycles. The minimum absolute atomic E-state index is 0.115. The van der Waals surface area contributed by atoms with Gasteiger partial charge in [-0.15, -0.1) is 0 Å². The molecule has 1 heterocycles. The zero-order chi connectivity index (χ0) is 26.2. The van der Waals surface area contributed by atoms with Crippen molar-refractivity contribution in [2.45, 2.75) is 26.4 Å². The summed E-state index contributed by atoms with van der Waals surface area (Å²) in [5, 5.41) is 10.8. The van der Waals surface area contributed by atoms with Crippen molar-refractivity contribution in [3.63, 3.8) is 0 Å². The second kappa shape index (κ2) is 12.0. The van der Waals surface area contributed by atoms with Crippen LogP contribution in [0.1, 0.15) is 32.7 Å². The molecular formula is C32H27NO5. The van der Waals surface area contributed by atoms with E-state index in [-0.39, 0.29) is 18.9 Å². The molecule has 0 saturated heterocycles. The quantitative estimate of drug-likeness (QED) is 0.226. The maximum absolute atomic E-state index is 12.8. The molecule has 0 aliphatic carbocycles. The number of pyridine rings is 1. The van der Waals surface area contributed by atoms with Crippen molar-refractivity contribution >= 4 is 16.9 Å². The van der Waals surface area contributed by atoms with Crippen LogP contribution in [0.4, 0.5) is 0 Å². The number of nitrogens with zero attached hydrogens (tertiary/aromatic N) is 1. The highest BCUT2D eigenvalue weighted by Gasteiger charge is 2.17. The number of carbonyl (C=O) groups excluding carboxylic acids is 1. The number of aliphatic hydroxyl groups is 1. The third kappa shape index (κ3) is 6.17. The van der Waals surface area contributed by atoms with Gasteiger partial charge in [-0.25, -0.2) is 9.78 Å². The molecule has 0 spiro atoms. The average Bonchev–Trinajstić information content (AvgIpc) is 2.98. The maximum atomic E-state index is 12.8. The number of rotatable bonds is 10. The maximum Gasteiger partial charge on any atom is 0.357 e. The molecular weight excluding hydrogens is 478 g/mol. The summed E-state index contributed by atoms with van der Waals surface area (Å²) in [6, 6.07) is 34.2. The lowest BCUT2D eigenvalue weighted by Gasteiger charge is -2.16. The van der Waals surface area contributed by atoms with Crippen LogP contribution in [0.15, 0.2) is 109 Å². The van der Waals surface area contributed by atoms with E-state index in [0.29, 0.717) is 41.2 Å². The molecule has 0 aliphatic rings. The van der Waals surface area contributed by atoms with Crippen molar-refractivity contribution in [1.29, 1.82) is 0 Å². The number of carbonyl (C=O) groups is 1. The Morgan fingerprint density at radius 2 is 1.16 bits per heavy atom. The minimum atomic E-state index is -0.568. The number of ether oxygens (including phenoxy) is 3. The van der Waals surface area contributed by atoms with E-state index in [1.54, 1.807) is 18.2 Å². The lowest BCUT2D eigenvalue weighted by Crippen LogP contribution is -2.09. The van der Waals surface area contributed by atoms with E-state index >= 15 is 0 Å². The fourth-order valence-electron chi connectivity index (χ4n) is 4.03. The van der Waals surface area contributed by atoms with Gasteiger partial charge in [0.15, 0.2) is 11.5 Å². The first-order chi connectivity index (χ1) is 18.7. The summed E-state index contributed by atoms with van der Waals surface area (Å²) in [6.45, 7) is 0.533. The summed E-state index contributed by atoms with van der Waals surface area (Å²) in [7, 11) is 0. The highest BCUT2D eigenvalue weighted by Crippen LogP contribution is 2.35. The number of aliphatic hydroxyl groups excluding tert-OH is 1. The zero-order valence-electron chi connectivity index (χ0n) is 20.7. The molecule has 6 heteroatoms. The number of fused-ring (bicyclic) bond motifs is 1. The summed E-state index contributed by atoms with van der Waals surface area (Å²) in [4.78, 5) is 17.4. The standard InChI is InChI=1S/C32H27NO5/c34-19-26-16-29(32(35)38-22-25-14-8-3-9-15-25)33-28-18-31(37-21-24-12-6-2-7-13-24)30(17-27(26)28)36-20-23-10-4-1-5-11-23/h1-18,34H,19-22H2. The van der Waals surface area contributed by atoms with Gasteiger partial charge in [0, 0.05) is 11.5 Å². The van der Waals surface area contributed by atoms with Crippen molar-refractivity contribution in [2.75, 3.05) is 0 Å². The van der Waals surface area contributed by atoms with Crippen molar-refractivity contribution in [3.05, 3.63) is 137 Å². The number of benzene rings is 4. The Bertz CT molecular complexity index is 1510. The van der Waals surface area contributed by atoms with Crippen LogP contribution < -0.4 is 9.47 Å². The SMILES string of the molecule is O=C(OCc1ccccc1)c1cc(CO)c2cc(OCc3ccccc3)c(OCc3ccccc3)cc2n1. The number of hydrogen-bond donors (Lipinski definition) is 1. The van der Waals surface area contributed by atoms with E-state index in [2.05, 4.69) is 4.98 Å². The number of aromatic nitrogens is 1. The van der Waals surface area contributed by atoms with E-state index < -0.39 is 5.97 Å². The Hall–Kier alpha value is -4.68. The van der Waals surface area contributed by atoms with E-state index in [9.17, 15) is 9.90 Å². The van der Waals surface area contributed by atoms with Crippen molar-refractivity contribution < 1.29 is 24.1 Å². The molecule has 0 bridgehead atoms.